The summed E-state index contributed by atoms with van der Waals surface area (Å²) in [5, 5.41) is 2.97. The zero-order valence-corrected chi connectivity index (χ0v) is 10.6. The average molecular weight is 243 g/mol. The van der Waals surface area contributed by atoms with E-state index >= 15 is 0 Å². The number of hydrogen-bond donors (Lipinski definition) is 1. The predicted molar refractivity (Wildman–Crippen MR) is 70.4 cm³/mol. The summed E-state index contributed by atoms with van der Waals surface area (Å²) in [6, 6.07) is 13.5. The second-order valence-corrected chi connectivity index (χ2v) is 4.98. The van der Waals surface area contributed by atoms with Crippen molar-refractivity contribution in [2.45, 2.75) is 25.8 Å². The van der Waals surface area contributed by atoms with E-state index in [1.165, 1.54) is 11.8 Å². The number of nitrogens with one attached hydrogen (secondary N) is 1. The predicted octanol–water partition coefficient (Wildman–Crippen LogP) is 3.03. The molecule has 0 aliphatic carbocycles. The van der Waals surface area contributed by atoms with Gasteiger partial charge in [0.25, 0.3) is 5.91 Å². The Morgan fingerprint density at radius 2 is 1.89 bits per heavy atom. The topological polar surface area (TPSA) is 42.2 Å². The van der Waals surface area contributed by atoms with Crippen molar-refractivity contribution in [1.82, 2.24) is 5.32 Å². The molecule has 1 amide bonds. The van der Waals surface area contributed by atoms with Gasteiger partial charge in [-0.3, -0.25) is 4.79 Å². The summed E-state index contributed by atoms with van der Waals surface area (Å²) >= 11 is 0. The highest BCUT2D eigenvalue weighted by molar-refractivity contribution is 5.91. The van der Waals surface area contributed by atoms with Crippen molar-refractivity contribution in [1.29, 1.82) is 0 Å². The lowest BCUT2D eigenvalue weighted by molar-refractivity contribution is 0.0884. The molecule has 0 atom stereocenters. The molecule has 1 aromatic carbocycles. The number of carbonyl (C=O) groups is 1. The number of rotatable bonds is 4. The molecule has 0 radical (unpaired) electrons. The Labute approximate surface area is 107 Å². The van der Waals surface area contributed by atoms with E-state index in [1.807, 2.05) is 32.0 Å². The second-order valence-electron chi connectivity index (χ2n) is 4.98. The first kappa shape index (κ1) is 12.4. The number of benzene rings is 1. The Hall–Kier alpha value is -2.03. The van der Waals surface area contributed by atoms with Crippen LogP contribution in [0, 0.1) is 0 Å². The summed E-state index contributed by atoms with van der Waals surface area (Å²) in [5.41, 5.74) is 0.882. The number of hydrogen-bond acceptors (Lipinski definition) is 2. The van der Waals surface area contributed by atoms with Gasteiger partial charge in [0.2, 0.25) is 0 Å². The van der Waals surface area contributed by atoms with E-state index < -0.39 is 0 Å². The normalized spacial score (nSPS) is 11.2. The van der Waals surface area contributed by atoms with Crippen molar-refractivity contribution in [3.8, 4) is 0 Å². The molecular weight excluding hydrogens is 226 g/mol. The van der Waals surface area contributed by atoms with Gasteiger partial charge in [-0.2, -0.15) is 0 Å². The standard InChI is InChI=1S/C15H17NO2/c1-15(2,11-12-7-4-3-5-8-12)16-14(17)13-9-6-10-18-13/h3-10H,11H2,1-2H3,(H,16,17). The monoisotopic (exact) mass is 243 g/mol. The van der Waals surface area contributed by atoms with Crippen LogP contribution in [0.25, 0.3) is 0 Å². The van der Waals surface area contributed by atoms with Crippen molar-refractivity contribution in [2.24, 2.45) is 0 Å². The molecule has 1 aromatic heterocycles. The Morgan fingerprint density at radius 3 is 2.50 bits per heavy atom. The summed E-state index contributed by atoms with van der Waals surface area (Å²) in [7, 11) is 0. The molecule has 18 heavy (non-hydrogen) atoms. The molecule has 94 valence electrons. The second kappa shape index (κ2) is 5.08. The quantitative estimate of drug-likeness (QED) is 0.896. The van der Waals surface area contributed by atoms with Crippen LogP contribution in [0.3, 0.4) is 0 Å². The van der Waals surface area contributed by atoms with Crippen LogP contribution >= 0.6 is 0 Å². The Morgan fingerprint density at radius 1 is 1.17 bits per heavy atom. The molecule has 2 aromatic rings. The zero-order chi connectivity index (χ0) is 13.0. The molecule has 0 unspecified atom stereocenters. The molecule has 2 rings (SSSR count). The summed E-state index contributed by atoms with van der Waals surface area (Å²) in [6.07, 6.45) is 2.28. The lowest BCUT2D eigenvalue weighted by atomic mass is 9.95. The van der Waals surface area contributed by atoms with E-state index in [4.69, 9.17) is 4.42 Å². The van der Waals surface area contributed by atoms with Crippen LogP contribution in [0.1, 0.15) is 30.0 Å². The fraction of sp³-hybridized carbons (Fsp3) is 0.267. The minimum Gasteiger partial charge on any atom is -0.459 e. The van der Waals surface area contributed by atoms with Gasteiger partial charge < -0.3 is 9.73 Å². The molecule has 0 spiro atoms. The maximum atomic E-state index is 11.9. The molecule has 1 heterocycles. The maximum Gasteiger partial charge on any atom is 0.287 e. The molecule has 0 aliphatic heterocycles. The fourth-order valence-electron chi connectivity index (χ4n) is 1.93. The van der Waals surface area contributed by atoms with Gasteiger partial charge in [0, 0.05) is 5.54 Å². The average Bonchev–Trinajstić information content (AvgIpc) is 2.82. The molecular formula is C15H17NO2. The fourth-order valence-corrected chi connectivity index (χ4v) is 1.93. The first-order valence-corrected chi connectivity index (χ1v) is 5.97. The minimum atomic E-state index is -0.314. The smallest absolute Gasteiger partial charge is 0.287 e. The molecule has 0 bridgehead atoms. The van der Waals surface area contributed by atoms with Crippen LogP contribution in [0.2, 0.25) is 0 Å². The Balaban J connectivity index is 2.01. The van der Waals surface area contributed by atoms with Gasteiger partial charge in [-0.25, -0.2) is 0 Å². The highest BCUT2D eigenvalue weighted by Gasteiger charge is 2.22. The molecule has 1 N–H and O–H groups in total. The van der Waals surface area contributed by atoms with Crippen molar-refractivity contribution in [3.63, 3.8) is 0 Å². The van der Waals surface area contributed by atoms with Gasteiger partial charge >= 0.3 is 0 Å². The van der Waals surface area contributed by atoms with Gasteiger partial charge in [0.15, 0.2) is 5.76 Å². The van der Waals surface area contributed by atoms with Gasteiger partial charge in [-0.1, -0.05) is 30.3 Å². The number of amides is 1. The van der Waals surface area contributed by atoms with E-state index in [9.17, 15) is 4.79 Å². The Bertz CT molecular complexity index is 501. The van der Waals surface area contributed by atoms with Gasteiger partial charge in [-0.15, -0.1) is 0 Å². The number of carbonyl (C=O) groups excluding carboxylic acids is 1. The van der Waals surface area contributed by atoms with E-state index in [1.54, 1.807) is 12.1 Å². The SMILES string of the molecule is CC(C)(Cc1ccccc1)NC(=O)c1ccco1. The van der Waals surface area contributed by atoms with Crippen LogP contribution in [-0.4, -0.2) is 11.4 Å². The Kier molecular flexibility index (Phi) is 3.51. The first-order valence-electron chi connectivity index (χ1n) is 5.97. The third kappa shape index (κ3) is 3.23. The molecule has 0 saturated carbocycles. The summed E-state index contributed by atoms with van der Waals surface area (Å²) in [4.78, 5) is 11.9. The maximum absolute atomic E-state index is 11.9. The molecule has 0 saturated heterocycles. The third-order valence-corrected chi connectivity index (χ3v) is 2.69. The van der Waals surface area contributed by atoms with Crippen LogP contribution in [0.4, 0.5) is 0 Å². The largest absolute Gasteiger partial charge is 0.459 e. The van der Waals surface area contributed by atoms with E-state index in [2.05, 4.69) is 17.4 Å². The lowest BCUT2D eigenvalue weighted by Crippen LogP contribution is -2.45. The van der Waals surface area contributed by atoms with Crippen molar-refractivity contribution in [2.75, 3.05) is 0 Å². The summed E-state index contributed by atoms with van der Waals surface area (Å²) in [6.45, 7) is 4.00. The number of furan rings is 1. The van der Waals surface area contributed by atoms with Crippen LogP contribution in [-0.2, 0) is 6.42 Å². The molecule has 3 nitrogen and oxygen atoms in total. The van der Waals surface area contributed by atoms with E-state index in [-0.39, 0.29) is 11.4 Å². The highest BCUT2D eigenvalue weighted by Crippen LogP contribution is 2.13. The first-order chi connectivity index (χ1) is 8.57. The van der Waals surface area contributed by atoms with E-state index in [0.29, 0.717) is 5.76 Å². The lowest BCUT2D eigenvalue weighted by Gasteiger charge is -2.26. The van der Waals surface area contributed by atoms with Crippen LogP contribution in [0.15, 0.2) is 53.1 Å². The molecule has 0 fully saturated rings. The summed E-state index contributed by atoms with van der Waals surface area (Å²) in [5.74, 6) is 0.164. The molecule has 0 aliphatic rings. The van der Waals surface area contributed by atoms with Crippen LogP contribution < -0.4 is 5.32 Å². The summed E-state index contributed by atoms with van der Waals surface area (Å²) < 4.78 is 5.08. The van der Waals surface area contributed by atoms with Crippen LogP contribution in [0.5, 0.6) is 0 Å². The highest BCUT2D eigenvalue weighted by atomic mass is 16.3. The zero-order valence-electron chi connectivity index (χ0n) is 10.6. The van der Waals surface area contributed by atoms with Crippen molar-refractivity contribution >= 4 is 5.91 Å². The molecule has 3 heteroatoms. The van der Waals surface area contributed by atoms with E-state index in [0.717, 1.165) is 6.42 Å². The van der Waals surface area contributed by atoms with Gasteiger partial charge in [0.1, 0.15) is 0 Å². The minimum absolute atomic E-state index is 0.180. The van der Waals surface area contributed by atoms with Crippen molar-refractivity contribution in [3.05, 3.63) is 60.1 Å². The van der Waals surface area contributed by atoms with Gasteiger partial charge in [0.05, 0.1) is 6.26 Å². The third-order valence-electron chi connectivity index (χ3n) is 2.69. The van der Waals surface area contributed by atoms with Crippen molar-refractivity contribution < 1.29 is 9.21 Å². The van der Waals surface area contributed by atoms with Gasteiger partial charge in [-0.05, 0) is 38.0 Å².